The van der Waals surface area contributed by atoms with Crippen LogP contribution in [0.4, 0.5) is 10.5 Å². The van der Waals surface area contributed by atoms with Crippen LogP contribution in [0.3, 0.4) is 0 Å². The maximum Gasteiger partial charge on any atom is 0.414 e. The first-order chi connectivity index (χ1) is 13.9. The standard InChI is InChI=1S/C21H23N5O3/c1-14-9-20(14)29-21(28)25(3)16-6-4-5-15(10-16)11-18-19(27)7-8-26(23-18)17-12-22-24(2)13-17/h4-8,10,12-14,20H,9,11H2,1-3H3. The summed E-state index contributed by atoms with van der Waals surface area (Å²) in [4.78, 5) is 26.1. The number of hydrogen-bond donors (Lipinski definition) is 0. The largest absolute Gasteiger partial charge is 0.446 e. The number of carbonyl (C=O) groups is 1. The highest BCUT2D eigenvalue weighted by molar-refractivity contribution is 5.87. The molecule has 2 atom stereocenters. The Labute approximate surface area is 168 Å². The summed E-state index contributed by atoms with van der Waals surface area (Å²) in [6.45, 7) is 2.06. The quantitative estimate of drug-likeness (QED) is 0.665. The van der Waals surface area contributed by atoms with Crippen LogP contribution in [-0.2, 0) is 18.2 Å². The number of hydrogen-bond acceptors (Lipinski definition) is 5. The molecule has 1 amide bonds. The van der Waals surface area contributed by atoms with Gasteiger partial charge in [0.1, 0.15) is 17.5 Å². The van der Waals surface area contributed by atoms with Gasteiger partial charge in [0.05, 0.1) is 12.4 Å². The molecule has 0 aliphatic heterocycles. The molecule has 2 heterocycles. The molecule has 2 aromatic heterocycles. The van der Waals surface area contributed by atoms with Gasteiger partial charge < -0.3 is 4.74 Å². The number of ether oxygens (including phenoxy) is 1. The average Bonchev–Trinajstić information content (AvgIpc) is 3.21. The molecule has 0 spiro atoms. The summed E-state index contributed by atoms with van der Waals surface area (Å²) in [7, 11) is 3.51. The highest BCUT2D eigenvalue weighted by Gasteiger charge is 2.37. The van der Waals surface area contributed by atoms with Gasteiger partial charge in [-0.2, -0.15) is 10.2 Å². The fraction of sp³-hybridized carbons (Fsp3) is 0.333. The molecule has 4 rings (SSSR count). The third-order valence-corrected chi connectivity index (χ3v) is 5.07. The van der Waals surface area contributed by atoms with Crippen molar-refractivity contribution in [1.82, 2.24) is 19.6 Å². The molecule has 1 aliphatic rings. The number of amides is 1. The molecule has 1 aliphatic carbocycles. The molecule has 0 radical (unpaired) electrons. The summed E-state index contributed by atoms with van der Waals surface area (Å²) in [5, 5.41) is 8.60. The molecular formula is C21H23N5O3. The van der Waals surface area contributed by atoms with Crippen molar-refractivity contribution in [3.8, 4) is 5.69 Å². The van der Waals surface area contributed by atoms with Gasteiger partial charge in [-0.05, 0) is 30.0 Å². The third kappa shape index (κ3) is 4.21. The molecular weight excluding hydrogens is 370 g/mol. The van der Waals surface area contributed by atoms with E-state index in [1.165, 1.54) is 11.0 Å². The van der Waals surface area contributed by atoms with E-state index < -0.39 is 0 Å². The fourth-order valence-corrected chi connectivity index (χ4v) is 3.07. The van der Waals surface area contributed by atoms with Gasteiger partial charge in [-0.3, -0.25) is 14.4 Å². The average molecular weight is 393 g/mol. The molecule has 1 fully saturated rings. The molecule has 3 aromatic rings. The Bertz CT molecular complexity index is 1100. The first-order valence-corrected chi connectivity index (χ1v) is 9.52. The Morgan fingerprint density at radius 1 is 1.34 bits per heavy atom. The van der Waals surface area contributed by atoms with E-state index in [0.29, 0.717) is 23.7 Å². The number of anilines is 1. The van der Waals surface area contributed by atoms with Crippen LogP contribution in [-0.4, -0.2) is 38.8 Å². The maximum atomic E-state index is 12.3. The predicted molar refractivity (Wildman–Crippen MR) is 108 cm³/mol. The Morgan fingerprint density at radius 3 is 2.83 bits per heavy atom. The lowest BCUT2D eigenvalue weighted by Gasteiger charge is -2.18. The number of rotatable bonds is 5. The van der Waals surface area contributed by atoms with Crippen LogP contribution in [0.1, 0.15) is 24.6 Å². The van der Waals surface area contributed by atoms with Gasteiger partial charge in [0.15, 0.2) is 0 Å². The van der Waals surface area contributed by atoms with E-state index in [1.54, 1.807) is 28.8 Å². The molecule has 1 saturated carbocycles. The number of benzene rings is 1. The van der Waals surface area contributed by atoms with Crippen molar-refractivity contribution in [2.45, 2.75) is 25.9 Å². The summed E-state index contributed by atoms with van der Waals surface area (Å²) in [6, 6.07) is 8.98. The monoisotopic (exact) mass is 393 g/mol. The van der Waals surface area contributed by atoms with Crippen LogP contribution in [0.5, 0.6) is 0 Å². The van der Waals surface area contributed by atoms with E-state index in [2.05, 4.69) is 17.1 Å². The van der Waals surface area contributed by atoms with Crippen molar-refractivity contribution >= 4 is 11.8 Å². The molecule has 8 heteroatoms. The SMILES string of the molecule is CC1CC1OC(=O)N(C)c1cccc(Cc2nn(-c3cnn(C)c3)ccc2=O)c1. The van der Waals surface area contributed by atoms with Crippen LogP contribution in [0.2, 0.25) is 0 Å². The molecule has 0 N–H and O–H groups in total. The minimum atomic E-state index is -0.367. The first kappa shape index (κ1) is 18.9. The maximum absolute atomic E-state index is 12.3. The zero-order chi connectivity index (χ0) is 20.5. The van der Waals surface area contributed by atoms with Gasteiger partial charge in [0, 0.05) is 38.5 Å². The van der Waals surface area contributed by atoms with Crippen LogP contribution in [0.25, 0.3) is 5.69 Å². The van der Waals surface area contributed by atoms with E-state index in [1.807, 2.05) is 37.5 Å². The Hall–Kier alpha value is -3.42. The van der Waals surface area contributed by atoms with Gasteiger partial charge in [-0.1, -0.05) is 19.1 Å². The van der Waals surface area contributed by atoms with E-state index in [4.69, 9.17) is 4.74 Å². The molecule has 2 unspecified atom stereocenters. The predicted octanol–water partition coefficient (Wildman–Crippen LogP) is 2.54. The van der Waals surface area contributed by atoms with Crippen molar-refractivity contribution in [2.24, 2.45) is 13.0 Å². The van der Waals surface area contributed by atoms with Crippen LogP contribution in [0, 0.1) is 5.92 Å². The van der Waals surface area contributed by atoms with Crippen molar-refractivity contribution in [2.75, 3.05) is 11.9 Å². The lowest BCUT2D eigenvalue weighted by Crippen LogP contribution is -2.28. The number of aromatic nitrogens is 4. The highest BCUT2D eigenvalue weighted by Crippen LogP contribution is 2.33. The molecule has 0 bridgehead atoms. The minimum Gasteiger partial charge on any atom is -0.446 e. The van der Waals surface area contributed by atoms with Gasteiger partial charge in [-0.15, -0.1) is 0 Å². The lowest BCUT2D eigenvalue weighted by atomic mass is 10.1. The Morgan fingerprint density at radius 2 is 2.14 bits per heavy atom. The van der Waals surface area contributed by atoms with Crippen LogP contribution < -0.4 is 10.3 Å². The van der Waals surface area contributed by atoms with Crippen LogP contribution >= 0.6 is 0 Å². The number of nitrogens with zero attached hydrogens (tertiary/aromatic N) is 5. The lowest BCUT2D eigenvalue weighted by molar-refractivity contribution is 0.143. The summed E-state index contributed by atoms with van der Waals surface area (Å²) < 4.78 is 8.76. The van der Waals surface area contributed by atoms with Crippen molar-refractivity contribution in [3.05, 3.63) is 70.4 Å². The van der Waals surface area contributed by atoms with E-state index in [9.17, 15) is 9.59 Å². The van der Waals surface area contributed by atoms with Gasteiger partial charge in [0.2, 0.25) is 5.43 Å². The summed E-state index contributed by atoms with van der Waals surface area (Å²) >= 11 is 0. The Balaban J connectivity index is 1.53. The summed E-state index contributed by atoms with van der Waals surface area (Å²) in [5.74, 6) is 0.435. The van der Waals surface area contributed by atoms with Gasteiger partial charge in [-0.25, -0.2) is 9.48 Å². The van der Waals surface area contributed by atoms with Crippen molar-refractivity contribution in [3.63, 3.8) is 0 Å². The fourth-order valence-electron chi connectivity index (χ4n) is 3.07. The van der Waals surface area contributed by atoms with E-state index in [0.717, 1.165) is 17.7 Å². The zero-order valence-corrected chi connectivity index (χ0v) is 16.6. The second kappa shape index (κ2) is 7.54. The van der Waals surface area contributed by atoms with Gasteiger partial charge in [0.25, 0.3) is 0 Å². The van der Waals surface area contributed by atoms with Gasteiger partial charge >= 0.3 is 6.09 Å². The molecule has 150 valence electrons. The topological polar surface area (TPSA) is 82.2 Å². The molecule has 29 heavy (non-hydrogen) atoms. The van der Waals surface area contributed by atoms with Crippen molar-refractivity contribution < 1.29 is 9.53 Å². The second-order valence-corrected chi connectivity index (χ2v) is 7.48. The smallest absolute Gasteiger partial charge is 0.414 e. The number of aryl methyl sites for hydroxylation is 1. The van der Waals surface area contributed by atoms with E-state index >= 15 is 0 Å². The number of carbonyl (C=O) groups excluding carboxylic acids is 1. The third-order valence-electron chi connectivity index (χ3n) is 5.07. The first-order valence-electron chi connectivity index (χ1n) is 9.52. The van der Waals surface area contributed by atoms with E-state index in [-0.39, 0.29) is 17.6 Å². The minimum absolute atomic E-state index is 0.0209. The van der Waals surface area contributed by atoms with Crippen LogP contribution in [0.15, 0.2) is 53.7 Å². The summed E-state index contributed by atoms with van der Waals surface area (Å²) in [5.41, 5.74) is 2.66. The Kier molecular flexibility index (Phi) is 4.92. The van der Waals surface area contributed by atoms with Crippen molar-refractivity contribution in [1.29, 1.82) is 0 Å². The highest BCUT2D eigenvalue weighted by atomic mass is 16.6. The molecule has 8 nitrogen and oxygen atoms in total. The normalized spacial score (nSPS) is 17.8. The molecule has 0 saturated heterocycles. The second-order valence-electron chi connectivity index (χ2n) is 7.48. The zero-order valence-electron chi connectivity index (χ0n) is 16.6. The summed E-state index contributed by atoms with van der Waals surface area (Å²) in [6.07, 6.45) is 6.06. The molecule has 1 aromatic carbocycles.